The van der Waals surface area contributed by atoms with Gasteiger partial charge in [-0.3, -0.25) is 19.4 Å². The molecule has 1 aromatic carbocycles. The third kappa shape index (κ3) is 5.22. The number of carbonyl (C=O) groups excluding carboxylic acids is 3. The van der Waals surface area contributed by atoms with Gasteiger partial charge in [-0.05, 0) is 63.3 Å². The van der Waals surface area contributed by atoms with Gasteiger partial charge in [-0.15, -0.1) is 0 Å². The van der Waals surface area contributed by atoms with Crippen LogP contribution < -0.4 is 11.1 Å². The molecule has 0 spiro atoms. The van der Waals surface area contributed by atoms with Gasteiger partial charge in [-0.2, -0.15) is 0 Å². The SMILES string of the molecule is Cc1ccc(C(=O)N2CCCN(C(=O)c3ccncc3)C2C(=O)NC2CCC(N)CC2)cc1. The van der Waals surface area contributed by atoms with Crippen LogP contribution in [0.1, 0.15) is 58.4 Å². The predicted octanol–water partition coefficient (Wildman–Crippen LogP) is 2.09. The maximum absolute atomic E-state index is 13.6. The zero-order chi connectivity index (χ0) is 23.4. The molecule has 0 radical (unpaired) electrons. The van der Waals surface area contributed by atoms with Crippen molar-refractivity contribution in [1.82, 2.24) is 20.1 Å². The molecule has 3 amide bonds. The standard InChI is InChI=1S/C25H31N5O3/c1-17-3-5-18(6-4-17)24(32)29-15-2-16-30(25(33)19-11-13-27-14-12-19)23(29)22(31)28-21-9-7-20(26)8-10-21/h3-6,11-14,20-21,23H,2,7-10,15-16,26H2,1H3,(H,28,31). The zero-order valence-corrected chi connectivity index (χ0v) is 18.9. The molecule has 8 heteroatoms. The lowest BCUT2D eigenvalue weighted by Gasteiger charge is -2.43. The van der Waals surface area contributed by atoms with Crippen molar-refractivity contribution in [2.75, 3.05) is 13.1 Å². The summed E-state index contributed by atoms with van der Waals surface area (Å²) in [5, 5.41) is 3.10. The molecule has 0 bridgehead atoms. The van der Waals surface area contributed by atoms with Crippen LogP contribution in [0, 0.1) is 6.92 Å². The Hall–Kier alpha value is -3.26. The minimum absolute atomic E-state index is 0.00608. The molecular formula is C25H31N5O3. The van der Waals surface area contributed by atoms with Crippen LogP contribution in [0.4, 0.5) is 0 Å². The number of nitrogens with one attached hydrogen (secondary N) is 1. The minimum Gasteiger partial charge on any atom is -0.350 e. The third-order valence-corrected chi connectivity index (χ3v) is 6.49. The Bertz CT molecular complexity index is 987. The zero-order valence-electron chi connectivity index (χ0n) is 18.9. The van der Waals surface area contributed by atoms with Gasteiger partial charge in [0.1, 0.15) is 0 Å². The van der Waals surface area contributed by atoms with E-state index in [1.54, 1.807) is 36.7 Å². The van der Waals surface area contributed by atoms with E-state index in [1.807, 2.05) is 19.1 Å². The highest BCUT2D eigenvalue weighted by Gasteiger charge is 2.41. The molecule has 1 saturated heterocycles. The van der Waals surface area contributed by atoms with Gasteiger partial charge in [0.25, 0.3) is 17.7 Å². The Balaban J connectivity index is 1.62. The Morgan fingerprint density at radius 2 is 1.42 bits per heavy atom. The van der Waals surface area contributed by atoms with Crippen molar-refractivity contribution in [3.63, 3.8) is 0 Å². The van der Waals surface area contributed by atoms with E-state index in [-0.39, 0.29) is 29.8 Å². The monoisotopic (exact) mass is 449 g/mol. The number of hydrogen-bond acceptors (Lipinski definition) is 5. The highest BCUT2D eigenvalue weighted by molar-refractivity contribution is 6.01. The molecule has 2 aromatic rings. The number of aryl methyl sites for hydroxylation is 1. The summed E-state index contributed by atoms with van der Waals surface area (Å²) in [6.45, 7) is 2.75. The molecule has 3 N–H and O–H groups in total. The molecule has 174 valence electrons. The summed E-state index contributed by atoms with van der Waals surface area (Å²) in [6, 6.07) is 10.7. The van der Waals surface area contributed by atoms with Gasteiger partial charge in [-0.1, -0.05) is 17.7 Å². The molecule has 2 aliphatic rings. The van der Waals surface area contributed by atoms with Crippen LogP contribution in [-0.4, -0.2) is 63.8 Å². The van der Waals surface area contributed by atoms with E-state index in [0.29, 0.717) is 30.6 Å². The molecule has 1 saturated carbocycles. The fraction of sp³-hybridized carbons (Fsp3) is 0.440. The van der Waals surface area contributed by atoms with Crippen molar-refractivity contribution in [2.24, 2.45) is 5.73 Å². The predicted molar refractivity (Wildman–Crippen MR) is 124 cm³/mol. The van der Waals surface area contributed by atoms with Gasteiger partial charge in [0.2, 0.25) is 0 Å². The topological polar surface area (TPSA) is 109 Å². The lowest BCUT2D eigenvalue weighted by atomic mass is 9.91. The normalized spacial score (nSPS) is 23.2. The van der Waals surface area contributed by atoms with Crippen LogP contribution in [0.3, 0.4) is 0 Å². The summed E-state index contributed by atoms with van der Waals surface area (Å²) in [7, 11) is 0. The fourth-order valence-electron chi connectivity index (χ4n) is 4.59. The number of nitrogens with two attached hydrogens (primary N) is 1. The van der Waals surface area contributed by atoms with Crippen molar-refractivity contribution in [3.05, 3.63) is 65.5 Å². The van der Waals surface area contributed by atoms with Gasteiger partial charge in [0.05, 0.1) is 0 Å². The minimum atomic E-state index is -1.01. The average Bonchev–Trinajstić information content (AvgIpc) is 2.85. The molecule has 1 unspecified atom stereocenters. The Morgan fingerprint density at radius 1 is 0.879 bits per heavy atom. The molecule has 1 aliphatic carbocycles. The van der Waals surface area contributed by atoms with Crippen LogP contribution in [0.15, 0.2) is 48.8 Å². The molecule has 33 heavy (non-hydrogen) atoms. The molecular weight excluding hydrogens is 418 g/mol. The fourth-order valence-corrected chi connectivity index (χ4v) is 4.59. The molecule has 8 nitrogen and oxygen atoms in total. The van der Waals surface area contributed by atoms with E-state index in [1.165, 1.54) is 9.80 Å². The lowest BCUT2D eigenvalue weighted by molar-refractivity contribution is -0.133. The summed E-state index contributed by atoms with van der Waals surface area (Å²) >= 11 is 0. The van der Waals surface area contributed by atoms with Crippen LogP contribution in [-0.2, 0) is 4.79 Å². The summed E-state index contributed by atoms with van der Waals surface area (Å²) in [5.74, 6) is -0.865. The molecule has 4 rings (SSSR count). The first-order chi connectivity index (χ1) is 15.9. The number of carbonyl (C=O) groups is 3. The van der Waals surface area contributed by atoms with Crippen LogP contribution >= 0.6 is 0 Å². The summed E-state index contributed by atoms with van der Waals surface area (Å²) in [4.78, 5) is 47.4. The first kappa shape index (κ1) is 22.9. The van der Waals surface area contributed by atoms with Crippen LogP contribution in [0.5, 0.6) is 0 Å². The van der Waals surface area contributed by atoms with Crippen LogP contribution in [0.25, 0.3) is 0 Å². The lowest BCUT2D eigenvalue weighted by Crippen LogP contribution is -2.64. The van der Waals surface area contributed by atoms with Crippen molar-refractivity contribution in [1.29, 1.82) is 0 Å². The van der Waals surface area contributed by atoms with E-state index < -0.39 is 6.17 Å². The summed E-state index contributed by atoms with van der Waals surface area (Å²) in [6.07, 6.45) is 5.97. The maximum atomic E-state index is 13.6. The third-order valence-electron chi connectivity index (χ3n) is 6.49. The molecule has 1 aromatic heterocycles. The Morgan fingerprint density at radius 3 is 2.00 bits per heavy atom. The maximum Gasteiger partial charge on any atom is 0.264 e. The van der Waals surface area contributed by atoms with Gasteiger partial charge in [-0.25, -0.2) is 0 Å². The van der Waals surface area contributed by atoms with Gasteiger partial charge in [0, 0.05) is 48.7 Å². The van der Waals surface area contributed by atoms with Crippen LogP contribution in [0.2, 0.25) is 0 Å². The second-order valence-corrected chi connectivity index (χ2v) is 8.95. The van der Waals surface area contributed by atoms with E-state index in [2.05, 4.69) is 10.3 Å². The van der Waals surface area contributed by atoms with Gasteiger partial charge in [0.15, 0.2) is 6.17 Å². The first-order valence-corrected chi connectivity index (χ1v) is 11.6. The number of rotatable bonds is 4. The number of hydrogen-bond donors (Lipinski definition) is 2. The first-order valence-electron chi connectivity index (χ1n) is 11.6. The number of aromatic nitrogens is 1. The van der Waals surface area contributed by atoms with Gasteiger partial charge < -0.3 is 20.9 Å². The molecule has 2 fully saturated rings. The quantitative estimate of drug-likeness (QED) is 0.743. The van der Waals surface area contributed by atoms with Crippen molar-refractivity contribution in [2.45, 2.75) is 57.3 Å². The van der Waals surface area contributed by atoms with Crippen molar-refractivity contribution < 1.29 is 14.4 Å². The number of amides is 3. The Kier molecular flexibility index (Phi) is 7.03. The van der Waals surface area contributed by atoms with E-state index in [0.717, 1.165) is 31.2 Å². The van der Waals surface area contributed by atoms with Gasteiger partial charge >= 0.3 is 0 Å². The van der Waals surface area contributed by atoms with E-state index in [4.69, 9.17) is 5.73 Å². The second-order valence-electron chi connectivity index (χ2n) is 8.95. The van der Waals surface area contributed by atoms with Crippen molar-refractivity contribution in [3.8, 4) is 0 Å². The molecule has 1 atom stereocenters. The summed E-state index contributed by atoms with van der Waals surface area (Å²) in [5.41, 5.74) is 8.00. The van der Waals surface area contributed by atoms with Crippen molar-refractivity contribution >= 4 is 17.7 Å². The highest BCUT2D eigenvalue weighted by Crippen LogP contribution is 2.23. The Labute approximate surface area is 194 Å². The average molecular weight is 450 g/mol. The second kappa shape index (κ2) is 10.1. The van der Waals surface area contributed by atoms with E-state index in [9.17, 15) is 14.4 Å². The number of nitrogens with zero attached hydrogens (tertiary/aromatic N) is 3. The van der Waals surface area contributed by atoms with E-state index >= 15 is 0 Å². The smallest absolute Gasteiger partial charge is 0.264 e. The molecule has 2 heterocycles. The largest absolute Gasteiger partial charge is 0.350 e. The molecule has 1 aliphatic heterocycles. The number of benzene rings is 1. The summed E-state index contributed by atoms with van der Waals surface area (Å²) < 4.78 is 0. The highest BCUT2D eigenvalue weighted by atomic mass is 16.2. The number of pyridine rings is 1.